The number of aromatic hydroxyl groups is 1. The largest absolute Gasteiger partial charge is 0.507 e. The molecule has 5 rings (SSSR count). The van der Waals surface area contributed by atoms with Gasteiger partial charge in [0.15, 0.2) is 11.3 Å². The normalized spacial score (nSPS) is 20.3. The lowest BCUT2D eigenvalue weighted by molar-refractivity contribution is -0.0945. The Hall–Kier alpha value is -2.93. The number of benzene rings is 3. The van der Waals surface area contributed by atoms with Crippen molar-refractivity contribution in [1.29, 1.82) is 0 Å². The molecule has 37 heavy (non-hydrogen) atoms. The maximum absolute atomic E-state index is 12.1. The molecule has 0 aliphatic carbocycles. The van der Waals surface area contributed by atoms with Gasteiger partial charge in [0.2, 0.25) is 0 Å². The van der Waals surface area contributed by atoms with Crippen LogP contribution in [0.3, 0.4) is 0 Å². The number of phenols is 1. The predicted octanol–water partition coefficient (Wildman–Crippen LogP) is 5.24. The molecule has 0 spiro atoms. The molecule has 1 unspecified atom stereocenters. The molecular weight excluding hydrogens is 480 g/mol. The highest BCUT2D eigenvalue weighted by Crippen LogP contribution is 2.44. The molecule has 1 saturated heterocycles. The first-order valence-electron chi connectivity index (χ1n) is 13.1. The monoisotopic (exact) mass is 516 g/mol. The zero-order valence-corrected chi connectivity index (χ0v) is 22.9. The van der Waals surface area contributed by atoms with Crippen LogP contribution in [0.2, 0.25) is 0 Å². The van der Waals surface area contributed by atoms with E-state index in [1.807, 2.05) is 81.4 Å². The van der Waals surface area contributed by atoms with Crippen LogP contribution in [-0.4, -0.2) is 56.8 Å². The quantitative estimate of drug-likeness (QED) is 0.463. The summed E-state index contributed by atoms with van der Waals surface area (Å²) < 4.78 is 6.66. The summed E-state index contributed by atoms with van der Waals surface area (Å²) in [6.45, 7) is 10.7. The summed E-state index contributed by atoms with van der Waals surface area (Å²) in [6.07, 6.45) is 1.58. The van der Waals surface area contributed by atoms with Gasteiger partial charge in [-0.1, -0.05) is 72.9 Å². The average Bonchev–Trinajstić information content (AvgIpc) is 2.95. The highest BCUT2D eigenvalue weighted by Gasteiger charge is 2.44. The molecule has 3 aromatic rings. The topological polar surface area (TPSA) is 56.2 Å². The Labute approximate surface area is 225 Å². The Kier molecular flexibility index (Phi) is 6.77. The summed E-state index contributed by atoms with van der Waals surface area (Å²) in [7, 11) is 0. The van der Waals surface area contributed by atoms with Gasteiger partial charge in [0.05, 0.1) is 0 Å². The minimum Gasteiger partial charge on any atom is -0.507 e. The molecular formula is C31H36N2O3S. The van der Waals surface area contributed by atoms with Crippen molar-refractivity contribution in [3.8, 4) is 11.5 Å². The van der Waals surface area contributed by atoms with Crippen molar-refractivity contribution >= 4 is 17.2 Å². The number of ether oxygens (including phenoxy) is 1. The van der Waals surface area contributed by atoms with Crippen LogP contribution in [0.5, 0.6) is 11.5 Å². The molecule has 2 aliphatic rings. The summed E-state index contributed by atoms with van der Waals surface area (Å²) in [6, 6.07) is 19.8. The van der Waals surface area contributed by atoms with Gasteiger partial charge in [0, 0.05) is 42.9 Å². The fourth-order valence-corrected chi connectivity index (χ4v) is 6.17. The van der Waals surface area contributed by atoms with Crippen LogP contribution in [0.25, 0.3) is 0 Å². The fourth-order valence-electron chi connectivity index (χ4n) is 5.84. The number of nitrogens with zero attached hydrogens (tertiary/aromatic N) is 2. The van der Waals surface area contributed by atoms with Crippen LogP contribution in [0.4, 0.5) is 0 Å². The van der Waals surface area contributed by atoms with Crippen LogP contribution in [0.1, 0.15) is 46.7 Å². The molecule has 0 bridgehead atoms. The van der Waals surface area contributed by atoms with E-state index in [1.54, 1.807) is 0 Å². The molecule has 6 heteroatoms. The van der Waals surface area contributed by atoms with E-state index in [2.05, 4.69) is 16.7 Å². The number of rotatable bonds is 4. The number of fused-ring (bicyclic) bond motifs is 1. The second-order valence-corrected chi connectivity index (χ2v) is 10.9. The number of hydrogen-bond donors (Lipinski definition) is 2. The van der Waals surface area contributed by atoms with Crippen molar-refractivity contribution in [3.63, 3.8) is 0 Å². The molecule has 2 heterocycles. The van der Waals surface area contributed by atoms with Gasteiger partial charge < -0.3 is 19.8 Å². The predicted molar refractivity (Wildman–Crippen MR) is 151 cm³/mol. The zero-order valence-electron chi connectivity index (χ0n) is 22.1. The second-order valence-electron chi connectivity index (χ2n) is 10.5. The summed E-state index contributed by atoms with van der Waals surface area (Å²) in [4.78, 5) is 5.20. The molecule has 0 aromatic heterocycles. The third-order valence-electron chi connectivity index (χ3n) is 8.35. The van der Waals surface area contributed by atoms with Gasteiger partial charge in [-0.25, -0.2) is 0 Å². The van der Waals surface area contributed by atoms with E-state index in [9.17, 15) is 10.2 Å². The second kappa shape index (κ2) is 9.75. The smallest absolute Gasteiger partial charge is 0.171 e. The standard InChI is InChI=1S/C31H36N2O3S/c1-21-22(2)28-26(23(3)27(21)34)15-16-30(4,36-28)29(37)32-17-19-33(20-18-32)31(35,24-11-7-5-8-12-24)25-13-9-6-10-14-25/h5-14,34-35H,15-20H2,1-4H3. The first-order valence-corrected chi connectivity index (χ1v) is 13.5. The van der Waals surface area contributed by atoms with Gasteiger partial charge in [-0.05, 0) is 57.2 Å². The molecule has 0 radical (unpaired) electrons. The van der Waals surface area contributed by atoms with Crippen molar-refractivity contribution < 1.29 is 14.9 Å². The molecule has 194 valence electrons. The Balaban J connectivity index is 1.36. The Morgan fingerprint density at radius 1 is 0.865 bits per heavy atom. The molecule has 3 aromatic carbocycles. The van der Waals surface area contributed by atoms with Gasteiger partial charge in [-0.3, -0.25) is 4.90 Å². The minimum atomic E-state index is -1.21. The van der Waals surface area contributed by atoms with Gasteiger partial charge in [-0.2, -0.15) is 0 Å². The highest BCUT2D eigenvalue weighted by molar-refractivity contribution is 7.80. The van der Waals surface area contributed by atoms with E-state index in [0.717, 1.165) is 57.0 Å². The lowest BCUT2D eigenvalue weighted by Gasteiger charge is -2.48. The molecule has 0 amide bonds. The maximum atomic E-state index is 12.1. The van der Waals surface area contributed by atoms with Crippen molar-refractivity contribution in [2.24, 2.45) is 0 Å². The number of hydrogen-bond acceptors (Lipinski definition) is 5. The van der Waals surface area contributed by atoms with Crippen LogP contribution in [-0.2, 0) is 12.1 Å². The van der Waals surface area contributed by atoms with Gasteiger partial charge >= 0.3 is 0 Å². The first kappa shape index (κ1) is 25.7. The van der Waals surface area contributed by atoms with E-state index in [0.29, 0.717) is 31.9 Å². The summed E-state index contributed by atoms with van der Waals surface area (Å²) in [5, 5.41) is 22.7. The van der Waals surface area contributed by atoms with Crippen molar-refractivity contribution in [3.05, 3.63) is 94.0 Å². The number of piperazine rings is 1. The molecule has 1 atom stereocenters. The van der Waals surface area contributed by atoms with Gasteiger partial charge in [-0.15, -0.1) is 0 Å². The van der Waals surface area contributed by atoms with E-state index in [1.165, 1.54) is 0 Å². The van der Waals surface area contributed by atoms with Gasteiger partial charge in [0.25, 0.3) is 0 Å². The van der Waals surface area contributed by atoms with Crippen LogP contribution in [0.15, 0.2) is 60.7 Å². The number of aliphatic hydroxyl groups is 1. The van der Waals surface area contributed by atoms with Crippen molar-refractivity contribution in [2.45, 2.75) is 51.9 Å². The summed E-state index contributed by atoms with van der Waals surface area (Å²) >= 11 is 6.06. The summed E-state index contributed by atoms with van der Waals surface area (Å²) in [5.41, 5.74) is 3.74. The van der Waals surface area contributed by atoms with Crippen LogP contribution < -0.4 is 4.74 Å². The number of thiocarbonyl (C=S) groups is 1. The maximum Gasteiger partial charge on any atom is 0.171 e. The average molecular weight is 517 g/mol. The Bertz CT molecular complexity index is 1260. The lowest BCUT2D eigenvalue weighted by Crippen LogP contribution is -2.60. The number of phenolic OH excluding ortho intramolecular Hbond substituents is 1. The fraction of sp³-hybridized carbons (Fsp3) is 0.387. The van der Waals surface area contributed by atoms with Gasteiger partial charge in [0.1, 0.15) is 16.5 Å². The summed E-state index contributed by atoms with van der Waals surface area (Å²) in [5.74, 6) is 1.23. The van der Waals surface area contributed by atoms with Crippen LogP contribution >= 0.6 is 12.2 Å². The Morgan fingerprint density at radius 2 is 1.41 bits per heavy atom. The highest BCUT2D eigenvalue weighted by atomic mass is 32.1. The molecule has 1 fully saturated rings. The van der Waals surface area contributed by atoms with E-state index in [4.69, 9.17) is 17.0 Å². The third kappa shape index (κ3) is 4.31. The van der Waals surface area contributed by atoms with E-state index >= 15 is 0 Å². The molecule has 5 nitrogen and oxygen atoms in total. The van der Waals surface area contributed by atoms with E-state index < -0.39 is 11.3 Å². The molecule has 2 aliphatic heterocycles. The molecule has 2 N–H and O–H groups in total. The van der Waals surface area contributed by atoms with E-state index in [-0.39, 0.29) is 0 Å². The first-order chi connectivity index (χ1) is 17.7. The Morgan fingerprint density at radius 3 is 1.95 bits per heavy atom. The zero-order chi connectivity index (χ0) is 26.4. The minimum absolute atomic E-state index is 0.367. The van der Waals surface area contributed by atoms with Crippen LogP contribution in [0, 0.1) is 20.8 Å². The SMILES string of the molecule is Cc1c(C)c2c(c(C)c1O)CCC(C)(C(=S)N1CCN(C(O)(c3ccccc3)c3ccccc3)CC1)O2. The third-order valence-corrected chi connectivity index (χ3v) is 9.04. The van der Waals surface area contributed by atoms with Crippen molar-refractivity contribution in [1.82, 2.24) is 9.80 Å². The lowest BCUT2D eigenvalue weighted by atomic mass is 9.86. The van der Waals surface area contributed by atoms with Crippen molar-refractivity contribution in [2.75, 3.05) is 26.2 Å². The molecule has 0 saturated carbocycles.